The molecule has 0 fully saturated rings. The number of fused-ring (bicyclic) bond motifs is 1. The van der Waals surface area contributed by atoms with E-state index in [1.54, 1.807) is 6.07 Å². The fraction of sp³-hybridized carbons (Fsp3) is 0.364. The number of H-pyrrole nitrogens is 1. The van der Waals surface area contributed by atoms with Gasteiger partial charge in [0.25, 0.3) is 0 Å². The van der Waals surface area contributed by atoms with Gasteiger partial charge in [0.05, 0.1) is 11.2 Å². The molecule has 0 bridgehead atoms. The van der Waals surface area contributed by atoms with Gasteiger partial charge in [-0.05, 0) is 25.0 Å². The van der Waals surface area contributed by atoms with Crippen molar-refractivity contribution in [2.24, 2.45) is 0 Å². The van der Waals surface area contributed by atoms with Crippen molar-refractivity contribution in [2.75, 3.05) is 12.3 Å². The SMILES string of the molecule is Nc1cc(Cl)cc2[nH]c(CCCCO)nc12. The first-order valence-corrected chi connectivity index (χ1v) is 5.63. The number of aryl methyl sites for hydroxylation is 1. The van der Waals surface area contributed by atoms with Gasteiger partial charge in [0.2, 0.25) is 0 Å². The van der Waals surface area contributed by atoms with Gasteiger partial charge in [0, 0.05) is 18.1 Å². The largest absolute Gasteiger partial charge is 0.397 e. The maximum absolute atomic E-state index is 8.70. The molecule has 0 amide bonds. The predicted molar refractivity (Wildman–Crippen MR) is 65.5 cm³/mol. The Labute approximate surface area is 98.4 Å². The van der Waals surface area contributed by atoms with E-state index >= 15 is 0 Å². The number of halogens is 1. The van der Waals surface area contributed by atoms with E-state index in [9.17, 15) is 0 Å². The summed E-state index contributed by atoms with van der Waals surface area (Å²) in [5.41, 5.74) is 8.04. The Morgan fingerprint density at radius 1 is 1.38 bits per heavy atom. The molecule has 0 aliphatic rings. The lowest BCUT2D eigenvalue weighted by Crippen LogP contribution is -1.90. The summed E-state index contributed by atoms with van der Waals surface area (Å²) in [5, 5.41) is 9.30. The van der Waals surface area contributed by atoms with Crippen LogP contribution in [0.3, 0.4) is 0 Å². The highest BCUT2D eigenvalue weighted by molar-refractivity contribution is 6.31. The van der Waals surface area contributed by atoms with Gasteiger partial charge in [-0.2, -0.15) is 0 Å². The zero-order valence-electron chi connectivity index (χ0n) is 8.83. The molecule has 0 unspecified atom stereocenters. The summed E-state index contributed by atoms with van der Waals surface area (Å²) >= 11 is 5.90. The molecule has 1 heterocycles. The number of aliphatic hydroxyl groups is 1. The average Bonchev–Trinajstić information content (AvgIpc) is 2.61. The standard InChI is InChI=1S/C11H14ClN3O/c12-7-5-8(13)11-9(6-7)14-10(15-11)3-1-2-4-16/h5-6,16H,1-4,13H2,(H,14,15). The molecule has 2 rings (SSSR count). The summed E-state index contributed by atoms with van der Waals surface area (Å²) in [7, 11) is 0. The molecule has 0 spiro atoms. The number of imidazole rings is 1. The van der Waals surface area contributed by atoms with Gasteiger partial charge in [-0.15, -0.1) is 0 Å². The minimum atomic E-state index is 0.216. The van der Waals surface area contributed by atoms with Crippen molar-refractivity contribution in [1.29, 1.82) is 0 Å². The monoisotopic (exact) mass is 239 g/mol. The van der Waals surface area contributed by atoms with Crippen LogP contribution >= 0.6 is 11.6 Å². The number of nitrogens with one attached hydrogen (secondary N) is 1. The Hall–Kier alpha value is -1.26. The first kappa shape index (κ1) is 11.2. The minimum absolute atomic E-state index is 0.216. The van der Waals surface area contributed by atoms with Gasteiger partial charge in [-0.25, -0.2) is 4.98 Å². The Morgan fingerprint density at radius 3 is 2.94 bits per heavy atom. The normalized spacial score (nSPS) is 11.1. The topological polar surface area (TPSA) is 74.9 Å². The quantitative estimate of drug-likeness (QED) is 0.565. The molecule has 4 nitrogen and oxygen atoms in total. The Kier molecular flexibility index (Phi) is 3.31. The van der Waals surface area contributed by atoms with Gasteiger partial charge in [-0.1, -0.05) is 11.6 Å². The van der Waals surface area contributed by atoms with Crippen LogP contribution < -0.4 is 5.73 Å². The molecular weight excluding hydrogens is 226 g/mol. The molecule has 0 saturated heterocycles. The number of nitrogens with zero attached hydrogens (tertiary/aromatic N) is 1. The molecule has 2 aromatic rings. The lowest BCUT2D eigenvalue weighted by Gasteiger charge is -1.94. The van der Waals surface area contributed by atoms with Crippen molar-refractivity contribution >= 4 is 28.3 Å². The van der Waals surface area contributed by atoms with Crippen molar-refractivity contribution in [3.05, 3.63) is 23.0 Å². The number of aliphatic hydroxyl groups excluding tert-OH is 1. The zero-order chi connectivity index (χ0) is 11.5. The number of hydrogen-bond acceptors (Lipinski definition) is 3. The predicted octanol–water partition coefficient (Wildman–Crippen LogP) is 2.11. The van der Waals surface area contributed by atoms with Gasteiger partial charge < -0.3 is 15.8 Å². The maximum atomic E-state index is 8.70. The maximum Gasteiger partial charge on any atom is 0.112 e. The lowest BCUT2D eigenvalue weighted by molar-refractivity contribution is 0.284. The van der Waals surface area contributed by atoms with E-state index < -0.39 is 0 Å². The molecule has 0 saturated carbocycles. The van der Waals surface area contributed by atoms with Crippen molar-refractivity contribution in [2.45, 2.75) is 19.3 Å². The Morgan fingerprint density at radius 2 is 2.19 bits per heavy atom. The molecule has 0 radical (unpaired) electrons. The Balaban J connectivity index is 2.26. The van der Waals surface area contributed by atoms with Gasteiger partial charge in [0.1, 0.15) is 11.3 Å². The number of aromatic amines is 1. The van der Waals surface area contributed by atoms with Crippen LogP contribution in [-0.2, 0) is 6.42 Å². The van der Waals surface area contributed by atoms with Crippen LogP contribution in [0.5, 0.6) is 0 Å². The van der Waals surface area contributed by atoms with Crippen LogP contribution in [0.1, 0.15) is 18.7 Å². The summed E-state index contributed by atoms with van der Waals surface area (Å²) in [6.45, 7) is 0.216. The fourth-order valence-corrected chi connectivity index (χ4v) is 1.91. The second-order valence-corrected chi connectivity index (χ2v) is 4.19. The van der Waals surface area contributed by atoms with Crippen molar-refractivity contribution in [3.8, 4) is 0 Å². The molecule has 4 N–H and O–H groups in total. The third-order valence-electron chi connectivity index (χ3n) is 2.45. The summed E-state index contributed by atoms with van der Waals surface area (Å²) in [6, 6.07) is 3.51. The third kappa shape index (κ3) is 2.28. The minimum Gasteiger partial charge on any atom is -0.397 e. The smallest absolute Gasteiger partial charge is 0.112 e. The van der Waals surface area contributed by atoms with Gasteiger partial charge in [0.15, 0.2) is 0 Å². The van der Waals surface area contributed by atoms with Crippen LogP contribution in [-0.4, -0.2) is 21.7 Å². The second-order valence-electron chi connectivity index (χ2n) is 3.76. The number of anilines is 1. The highest BCUT2D eigenvalue weighted by Crippen LogP contribution is 2.24. The summed E-state index contributed by atoms with van der Waals surface area (Å²) in [5.74, 6) is 0.886. The van der Waals surface area contributed by atoms with E-state index in [0.29, 0.717) is 10.7 Å². The highest BCUT2D eigenvalue weighted by Gasteiger charge is 2.06. The molecular formula is C11H14ClN3O. The van der Waals surface area contributed by atoms with Crippen LogP contribution in [0, 0.1) is 0 Å². The molecule has 0 atom stereocenters. The lowest BCUT2D eigenvalue weighted by atomic mass is 10.2. The van der Waals surface area contributed by atoms with Crippen molar-refractivity contribution in [3.63, 3.8) is 0 Å². The zero-order valence-corrected chi connectivity index (χ0v) is 9.59. The van der Waals surface area contributed by atoms with Crippen LogP contribution in [0.2, 0.25) is 5.02 Å². The first-order valence-electron chi connectivity index (χ1n) is 5.25. The number of aromatic nitrogens is 2. The number of unbranched alkanes of at least 4 members (excludes halogenated alkanes) is 1. The summed E-state index contributed by atoms with van der Waals surface area (Å²) in [4.78, 5) is 7.58. The van der Waals surface area contributed by atoms with E-state index in [-0.39, 0.29) is 6.61 Å². The number of nitrogens with two attached hydrogens (primary N) is 1. The fourth-order valence-electron chi connectivity index (χ4n) is 1.68. The molecule has 86 valence electrons. The molecule has 0 aliphatic carbocycles. The molecule has 1 aromatic carbocycles. The molecule has 0 aliphatic heterocycles. The summed E-state index contributed by atoms with van der Waals surface area (Å²) < 4.78 is 0. The van der Waals surface area contributed by atoms with E-state index in [2.05, 4.69) is 9.97 Å². The molecule has 16 heavy (non-hydrogen) atoms. The van der Waals surface area contributed by atoms with E-state index in [1.807, 2.05) is 6.07 Å². The third-order valence-corrected chi connectivity index (χ3v) is 2.67. The van der Waals surface area contributed by atoms with Crippen molar-refractivity contribution in [1.82, 2.24) is 9.97 Å². The van der Waals surface area contributed by atoms with E-state index in [1.165, 1.54) is 0 Å². The number of hydrogen-bond donors (Lipinski definition) is 3. The first-order chi connectivity index (χ1) is 7.70. The summed E-state index contributed by atoms with van der Waals surface area (Å²) in [6.07, 6.45) is 2.50. The highest BCUT2D eigenvalue weighted by atomic mass is 35.5. The average molecular weight is 240 g/mol. The second kappa shape index (κ2) is 4.72. The number of benzene rings is 1. The molecule has 5 heteroatoms. The van der Waals surface area contributed by atoms with Crippen molar-refractivity contribution < 1.29 is 5.11 Å². The van der Waals surface area contributed by atoms with Crippen LogP contribution in [0.25, 0.3) is 11.0 Å². The number of rotatable bonds is 4. The van der Waals surface area contributed by atoms with Crippen LogP contribution in [0.15, 0.2) is 12.1 Å². The van der Waals surface area contributed by atoms with Gasteiger partial charge >= 0.3 is 0 Å². The van der Waals surface area contributed by atoms with Crippen LogP contribution in [0.4, 0.5) is 5.69 Å². The van der Waals surface area contributed by atoms with Gasteiger partial charge in [-0.3, -0.25) is 0 Å². The van der Waals surface area contributed by atoms with E-state index in [4.69, 9.17) is 22.4 Å². The Bertz CT molecular complexity index is 495. The molecule has 1 aromatic heterocycles. The number of nitrogen functional groups attached to an aromatic ring is 1. The van der Waals surface area contributed by atoms with E-state index in [0.717, 1.165) is 36.1 Å².